The average molecular weight is 370 g/mol. The van der Waals surface area contributed by atoms with Crippen molar-refractivity contribution < 1.29 is 9.53 Å². The van der Waals surface area contributed by atoms with E-state index in [2.05, 4.69) is 24.1 Å². The summed E-state index contributed by atoms with van der Waals surface area (Å²) in [6.45, 7) is 11.8. The summed E-state index contributed by atoms with van der Waals surface area (Å²) in [5, 5.41) is 3.33. The van der Waals surface area contributed by atoms with Crippen molar-refractivity contribution in [2.24, 2.45) is 5.92 Å². The summed E-state index contributed by atoms with van der Waals surface area (Å²) in [5.74, 6) is 0.519. The van der Waals surface area contributed by atoms with Crippen LogP contribution < -0.4 is 5.32 Å². The van der Waals surface area contributed by atoms with Crippen LogP contribution in [0.4, 0.5) is 0 Å². The third-order valence-corrected chi connectivity index (χ3v) is 4.76. The number of rotatable bonds is 7. The first-order valence-electron chi connectivity index (χ1n) is 8.58. The summed E-state index contributed by atoms with van der Waals surface area (Å²) in [7, 11) is 0. The van der Waals surface area contributed by atoms with E-state index in [9.17, 15) is 4.79 Å². The van der Waals surface area contributed by atoms with E-state index in [4.69, 9.17) is 4.74 Å². The predicted molar refractivity (Wildman–Crippen MR) is 98.8 cm³/mol. The van der Waals surface area contributed by atoms with Gasteiger partial charge in [0.1, 0.15) is 0 Å². The third kappa shape index (κ3) is 7.14. The fourth-order valence-corrected chi connectivity index (χ4v) is 3.27. The summed E-state index contributed by atoms with van der Waals surface area (Å²) in [6, 6.07) is 0. The van der Waals surface area contributed by atoms with Crippen LogP contribution in [0.3, 0.4) is 0 Å². The van der Waals surface area contributed by atoms with Gasteiger partial charge in [0, 0.05) is 26.2 Å². The molecule has 0 aromatic rings. The second-order valence-corrected chi connectivity index (χ2v) is 6.14. The molecule has 0 bridgehead atoms. The molecular formula is C16H33Cl2N3O2. The number of nitrogens with zero attached hydrogens (tertiary/aromatic N) is 2. The standard InChI is InChI=1S/C16H31N3O2.2ClH/c1-3-18(4-2)10-11-21-15-7-9-19(13-15)16(20)14-6-5-8-17-12-14;;/h14-15,17H,3-13H2,1-2H3;2*1H. The number of carbonyl (C=O) groups excluding carboxylic acids is 1. The van der Waals surface area contributed by atoms with E-state index in [1.165, 1.54) is 0 Å². The van der Waals surface area contributed by atoms with E-state index in [0.717, 1.165) is 71.7 Å². The second kappa shape index (κ2) is 12.3. The molecule has 2 aliphatic heterocycles. The maximum atomic E-state index is 12.4. The number of nitrogens with one attached hydrogen (secondary N) is 1. The first-order valence-corrected chi connectivity index (χ1v) is 8.58. The van der Waals surface area contributed by atoms with Gasteiger partial charge in [0.2, 0.25) is 5.91 Å². The molecule has 2 fully saturated rings. The molecule has 1 amide bonds. The summed E-state index contributed by atoms with van der Waals surface area (Å²) in [6.07, 6.45) is 3.38. The molecule has 0 aliphatic carbocycles. The average Bonchev–Trinajstić information content (AvgIpc) is 3.00. The van der Waals surface area contributed by atoms with Gasteiger partial charge in [-0.05, 0) is 38.9 Å². The highest BCUT2D eigenvalue weighted by Crippen LogP contribution is 2.19. The predicted octanol–water partition coefficient (Wildman–Crippen LogP) is 1.79. The van der Waals surface area contributed by atoms with E-state index >= 15 is 0 Å². The number of hydrogen-bond acceptors (Lipinski definition) is 4. The second-order valence-electron chi connectivity index (χ2n) is 6.14. The Kier molecular flexibility index (Phi) is 12.3. The van der Waals surface area contributed by atoms with Gasteiger partial charge in [0.25, 0.3) is 0 Å². The maximum Gasteiger partial charge on any atom is 0.227 e. The van der Waals surface area contributed by atoms with Crippen LogP contribution in [0.15, 0.2) is 0 Å². The first-order chi connectivity index (χ1) is 10.2. The zero-order valence-electron chi connectivity index (χ0n) is 14.5. The molecule has 0 saturated carbocycles. The third-order valence-electron chi connectivity index (χ3n) is 4.76. The fraction of sp³-hybridized carbons (Fsp3) is 0.938. The normalized spacial score (nSPS) is 24.2. The number of amides is 1. The number of carbonyl (C=O) groups is 1. The molecule has 5 nitrogen and oxygen atoms in total. The molecule has 2 unspecified atom stereocenters. The molecule has 0 radical (unpaired) electrons. The minimum absolute atomic E-state index is 0. The van der Waals surface area contributed by atoms with E-state index in [1.54, 1.807) is 0 Å². The van der Waals surface area contributed by atoms with Crippen LogP contribution in [0.1, 0.15) is 33.1 Å². The molecule has 7 heteroatoms. The van der Waals surface area contributed by atoms with E-state index in [0.29, 0.717) is 5.91 Å². The Balaban J connectivity index is 0.00000242. The lowest BCUT2D eigenvalue weighted by molar-refractivity contribution is -0.135. The monoisotopic (exact) mass is 369 g/mol. The first kappa shape index (κ1) is 22.9. The Labute approximate surface area is 153 Å². The maximum absolute atomic E-state index is 12.4. The SMILES string of the molecule is CCN(CC)CCOC1CCN(C(=O)C2CCCNC2)C1.Cl.Cl. The molecule has 2 heterocycles. The highest BCUT2D eigenvalue weighted by molar-refractivity contribution is 5.85. The minimum Gasteiger partial charge on any atom is -0.375 e. The van der Waals surface area contributed by atoms with Crippen LogP contribution in [0.2, 0.25) is 0 Å². The molecule has 23 heavy (non-hydrogen) atoms. The van der Waals surface area contributed by atoms with Gasteiger partial charge < -0.3 is 19.9 Å². The van der Waals surface area contributed by atoms with E-state index < -0.39 is 0 Å². The molecule has 2 rings (SSSR count). The van der Waals surface area contributed by atoms with Crippen LogP contribution in [0.5, 0.6) is 0 Å². The summed E-state index contributed by atoms with van der Waals surface area (Å²) in [4.78, 5) is 16.8. The number of ether oxygens (including phenoxy) is 1. The van der Waals surface area contributed by atoms with Gasteiger partial charge >= 0.3 is 0 Å². The van der Waals surface area contributed by atoms with Crippen LogP contribution in [-0.4, -0.2) is 74.2 Å². The Morgan fingerprint density at radius 2 is 2.00 bits per heavy atom. The van der Waals surface area contributed by atoms with Gasteiger partial charge in [0.05, 0.1) is 18.6 Å². The van der Waals surface area contributed by atoms with Gasteiger partial charge in [0.15, 0.2) is 0 Å². The van der Waals surface area contributed by atoms with Gasteiger partial charge in [-0.25, -0.2) is 0 Å². The lowest BCUT2D eigenvalue weighted by atomic mass is 9.98. The van der Waals surface area contributed by atoms with Crippen molar-refractivity contribution in [3.8, 4) is 0 Å². The van der Waals surface area contributed by atoms with Crippen LogP contribution in [-0.2, 0) is 9.53 Å². The number of hydrogen-bond donors (Lipinski definition) is 1. The quantitative estimate of drug-likeness (QED) is 0.742. The molecule has 0 aromatic carbocycles. The zero-order chi connectivity index (χ0) is 15.1. The summed E-state index contributed by atoms with van der Waals surface area (Å²) >= 11 is 0. The highest BCUT2D eigenvalue weighted by Gasteiger charge is 2.31. The van der Waals surface area contributed by atoms with Crippen molar-refractivity contribution in [2.75, 3.05) is 52.4 Å². The fourth-order valence-electron chi connectivity index (χ4n) is 3.27. The largest absolute Gasteiger partial charge is 0.375 e. The lowest BCUT2D eigenvalue weighted by Gasteiger charge is -2.27. The Morgan fingerprint density at radius 1 is 1.26 bits per heavy atom. The van der Waals surface area contributed by atoms with Crippen LogP contribution in [0, 0.1) is 5.92 Å². The van der Waals surface area contributed by atoms with E-state index in [-0.39, 0.29) is 36.8 Å². The van der Waals surface area contributed by atoms with Gasteiger partial charge in [-0.15, -0.1) is 24.8 Å². The minimum atomic E-state index is 0. The molecule has 2 saturated heterocycles. The molecular weight excluding hydrogens is 337 g/mol. The van der Waals surface area contributed by atoms with Crippen molar-refractivity contribution in [1.82, 2.24) is 15.1 Å². The van der Waals surface area contributed by atoms with Crippen LogP contribution >= 0.6 is 24.8 Å². The van der Waals surface area contributed by atoms with Crippen LogP contribution in [0.25, 0.3) is 0 Å². The molecule has 2 atom stereocenters. The summed E-state index contributed by atoms with van der Waals surface area (Å²) < 4.78 is 5.95. The van der Waals surface area contributed by atoms with Gasteiger partial charge in [-0.1, -0.05) is 13.8 Å². The van der Waals surface area contributed by atoms with E-state index in [1.807, 2.05) is 4.90 Å². The molecule has 0 aromatic heterocycles. The molecule has 1 N–H and O–H groups in total. The molecule has 0 spiro atoms. The smallest absolute Gasteiger partial charge is 0.227 e. The number of likely N-dealkylation sites (tertiary alicyclic amines) is 1. The topological polar surface area (TPSA) is 44.8 Å². The number of halogens is 2. The number of likely N-dealkylation sites (N-methyl/N-ethyl adjacent to an activating group) is 1. The van der Waals surface area contributed by atoms with Crippen molar-refractivity contribution in [3.63, 3.8) is 0 Å². The Morgan fingerprint density at radius 3 is 2.61 bits per heavy atom. The van der Waals surface area contributed by atoms with Gasteiger partial charge in [-0.3, -0.25) is 4.79 Å². The van der Waals surface area contributed by atoms with Gasteiger partial charge in [-0.2, -0.15) is 0 Å². The van der Waals surface area contributed by atoms with Crippen molar-refractivity contribution in [1.29, 1.82) is 0 Å². The molecule has 138 valence electrons. The van der Waals surface area contributed by atoms with Crippen molar-refractivity contribution in [3.05, 3.63) is 0 Å². The Bertz CT molecular complexity index is 324. The Hall–Kier alpha value is -0.0700. The lowest BCUT2D eigenvalue weighted by Crippen LogP contribution is -2.42. The number of piperidine rings is 1. The summed E-state index contributed by atoms with van der Waals surface area (Å²) in [5.41, 5.74) is 0. The molecule has 2 aliphatic rings. The zero-order valence-corrected chi connectivity index (χ0v) is 16.1. The van der Waals surface area contributed by atoms with Crippen molar-refractivity contribution in [2.45, 2.75) is 39.2 Å². The van der Waals surface area contributed by atoms with Crippen molar-refractivity contribution >= 4 is 30.7 Å². The highest BCUT2D eigenvalue weighted by atomic mass is 35.5.